The van der Waals surface area contributed by atoms with Crippen molar-refractivity contribution in [2.75, 3.05) is 0 Å². The lowest BCUT2D eigenvalue weighted by Crippen LogP contribution is -2.02. The van der Waals surface area contributed by atoms with Crippen LogP contribution < -0.4 is 10.7 Å². The number of nitrogens with two attached hydrogens (primary N) is 1. The number of benzene rings is 1. The Bertz CT molecular complexity index is 321. The van der Waals surface area contributed by atoms with Gasteiger partial charge >= 0.3 is 0 Å². The second kappa shape index (κ2) is 5.00. The van der Waals surface area contributed by atoms with Crippen LogP contribution in [0.3, 0.4) is 0 Å². The normalized spacial score (nSPS) is 8.77. The number of nitrogens with zero attached hydrogens (tertiary/aromatic N) is 1. The van der Waals surface area contributed by atoms with Gasteiger partial charge in [0.25, 0.3) is 5.69 Å². The molecule has 2 N–H and O–H groups in total. The fourth-order valence-corrected chi connectivity index (χ4v) is 1.16. The van der Waals surface area contributed by atoms with Crippen LogP contribution in [-0.4, -0.2) is 4.92 Å². The first-order valence-electron chi connectivity index (χ1n) is 2.96. The molecule has 0 aliphatic heterocycles. The molecular formula is C6H6BrClN2O3. The Morgan fingerprint density at radius 2 is 2.15 bits per heavy atom. The van der Waals surface area contributed by atoms with Gasteiger partial charge in [0, 0.05) is 12.1 Å². The van der Waals surface area contributed by atoms with E-state index in [4.69, 9.17) is 5.90 Å². The molecule has 0 fully saturated rings. The summed E-state index contributed by atoms with van der Waals surface area (Å²) in [4.78, 5) is 14.2. The lowest BCUT2D eigenvalue weighted by atomic mass is 10.3. The number of hydrogen-bond donors (Lipinski definition) is 1. The summed E-state index contributed by atoms with van der Waals surface area (Å²) in [6, 6.07) is 4.05. The number of hydrogen-bond acceptors (Lipinski definition) is 4. The topological polar surface area (TPSA) is 78.4 Å². The zero-order valence-corrected chi connectivity index (χ0v) is 8.67. The van der Waals surface area contributed by atoms with Gasteiger partial charge in [0.05, 0.1) is 9.40 Å². The first kappa shape index (κ1) is 12.2. The van der Waals surface area contributed by atoms with Gasteiger partial charge in [-0.15, -0.1) is 12.4 Å². The highest BCUT2D eigenvalue weighted by Gasteiger charge is 2.08. The molecule has 7 heteroatoms. The maximum Gasteiger partial charge on any atom is 0.270 e. The van der Waals surface area contributed by atoms with E-state index in [0.29, 0.717) is 10.2 Å². The minimum Gasteiger partial charge on any atom is -0.410 e. The second-order valence-corrected chi connectivity index (χ2v) is 2.84. The van der Waals surface area contributed by atoms with Crippen LogP contribution in [0.5, 0.6) is 5.75 Å². The number of nitro groups is 1. The molecule has 1 rings (SSSR count). The highest BCUT2D eigenvalue weighted by molar-refractivity contribution is 9.10. The lowest BCUT2D eigenvalue weighted by molar-refractivity contribution is -0.385. The Morgan fingerprint density at radius 3 is 2.54 bits per heavy atom. The van der Waals surface area contributed by atoms with Crippen LogP contribution in [0, 0.1) is 10.1 Å². The Morgan fingerprint density at radius 1 is 1.54 bits per heavy atom. The molecule has 0 heterocycles. The molecule has 0 bridgehead atoms. The number of halogens is 2. The predicted octanol–water partition coefficient (Wildman–Crippen LogP) is 2.03. The number of rotatable bonds is 2. The third-order valence-electron chi connectivity index (χ3n) is 1.25. The molecule has 13 heavy (non-hydrogen) atoms. The average Bonchev–Trinajstić information content (AvgIpc) is 2.04. The van der Waals surface area contributed by atoms with E-state index in [-0.39, 0.29) is 18.1 Å². The Labute approximate surface area is 88.5 Å². The van der Waals surface area contributed by atoms with Crippen molar-refractivity contribution < 1.29 is 9.76 Å². The second-order valence-electron chi connectivity index (χ2n) is 1.99. The summed E-state index contributed by atoms with van der Waals surface area (Å²) in [6.07, 6.45) is 0. The van der Waals surface area contributed by atoms with Gasteiger partial charge in [-0.3, -0.25) is 10.1 Å². The molecule has 0 atom stereocenters. The molecule has 0 spiro atoms. The Kier molecular flexibility index (Phi) is 4.68. The van der Waals surface area contributed by atoms with E-state index in [2.05, 4.69) is 20.8 Å². The van der Waals surface area contributed by atoms with Gasteiger partial charge in [0.2, 0.25) is 0 Å². The molecule has 0 aromatic heterocycles. The van der Waals surface area contributed by atoms with E-state index in [1.54, 1.807) is 0 Å². The van der Waals surface area contributed by atoms with Gasteiger partial charge < -0.3 is 4.84 Å². The zero-order valence-electron chi connectivity index (χ0n) is 6.27. The van der Waals surface area contributed by atoms with Gasteiger partial charge in [-0.2, -0.15) is 5.90 Å². The van der Waals surface area contributed by atoms with E-state index in [9.17, 15) is 10.1 Å². The van der Waals surface area contributed by atoms with E-state index < -0.39 is 4.92 Å². The van der Waals surface area contributed by atoms with Crippen LogP contribution in [0.1, 0.15) is 0 Å². The molecule has 1 aromatic rings. The summed E-state index contributed by atoms with van der Waals surface area (Å²) in [5, 5.41) is 10.3. The third-order valence-corrected chi connectivity index (χ3v) is 1.87. The van der Waals surface area contributed by atoms with Crippen molar-refractivity contribution >= 4 is 34.0 Å². The van der Waals surface area contributed by atoms with Gasteiger partial charge in [-0.25, -0.2) is 0 Å². The monoisotopic (exact) mass is 268 g/mol. The first-order chi connectivity index (χ1) is 5.65. The fourth-order valence-electron chi connectivity index (χ4n) is 0.699. The van der Waals surface area contributed by atoms with Crippen LogP contribution in [0.25, 0.3) is 0 Å². The van der Waals surface area contributed by atoms with E-state index >= 15 is 0 Å². The molecule has 0 unspecified atom stereocenters. The lowest BCUT2D eigenvalue weighted by Gasteiger charge is -1.99. The van der Waals surface area contributed by atoms with Crippen LogP contribution in [0.4, 0.5) is 5.69 Å². The van der Waals surface area contributed by atoms with Crippen molar-refractivity contribution in [1.82, 2.24) is 0 Å². The smallest absolute Gasteiger partial charge is 0.270 e. The SMILES string of the molecule is Cl.NOc1ccc([N+](=O)[O-])cc1Br. The average molecular weight is 269 g/mol. The number of non-ortho nitro benzene ring substituents is 1. The van der Waals surface area contributed by atoms with E-state index in [0.717, 1.165) is 0 Å². The van der Waals surface area contributed by atoms with Crippen LogP contribution in [0.15, 0.2) is 22.7 Å². The van der Waals surface area contributed by atoms with E-state index in [1.165, 1.54) is 18.2 Å². The van der Waals surface area contributed by atoms with Gasteiger partial charge in [0.1, 0.15) is 0 Å². The van der Waals surface area contributed by atoms with Crippen LogP contribution in [0.2, 0.25) is 0 Å². The summed E-state index contributed by atoms with van der Waals surface area (Å²) in [6.45, 7) is 0. The Balaban J connectivity index is 0.00000144. The van der Waals surface area contributed by atoms with Gasteiger partial charge in [-0.1, -0.05) is 0 Å². The first-order valence-corrected chi connectivity index (χ1v) is 3.75. The summed E-state index contributed by atoms with van der Waals surface area (Å²) in [7, 11) is 0. The molecule has 0 aliphatic rings. The molecule has 0 amide bonds. The summed E-state index contributed by atoms with van der Waals surface area (Å²) >= 11 is 3.07. The predicted molar refractivity (Wildman–Crippen MR) is 52.9 cm³/mol. The van der Waals surface area contributed by atoms with Crippen molar-refractivity contribution in [3.8, 4) is 5.75 Å². The molecule has 0 saturated heterocycles. The molecule has 1 aromatic carbocycles. The highest BCUT2D eigenvalue weighted by atomic mass is 79.9. The standard InChI is InChI=1S/C6H5BrN2O3.ClH/c7-5-3-4(9(10)11)1-2-6(5)12-8;/h1-3H,8H2;1H. The quantitative estimate of drug-likeness (QED) is 0.658. The molecule has 5 nitrogen and oxygen atoms in total. The Hall–Kier alpha value is -0.850. The minimum absolute atomic E-state index is 0. The van der Waals surface area contributed by atoms with Crippen molar-refractivity contribution in [2.24, 2.45) is 5.90 Å². The van der Waals surface area contributed by atoms with Crippen molar-refractivity contribution in [3.05, 3.63) is 32.8 Å². The fraction of sp³-hybridized carbons (Fsp3) is 0. The van der Waals surface area contributed by atoms with Crippen molar-refractivity contribution in [3.63, 3.8) is 0 Å². The van der Waals surface area contributed by atoms with Gasteiger partial charge in [-0.05, 0) is 22.0 Å². The maximum atomic E-state index is 10.3. The molecular weight excluding hydrogens is 263 g/mol. The van der Waals surface area contributed by atoms with Crippen LogP contribution >= 0.6 is 28.3 Å². The van der Waals surface area contributed by atoms with Crippen molar-refractivity contribution in [2.45, 2.75) is 0 Å². The third kappa shape index (κ3) is 2.83. The van der Waals surface area contributed by atoms with Crippen molar-refractivity contribution in [1.29, 1.82) is 0 Å². The van der Waals surface area contributed by atoms with Gasteiger partial charge in [0.15, 0.2) is 5.75 Å². The van der Waals surface area contributed by atoms with Crippen LogP contribution in [-0.2, 0) is 0 Å². The molecule has 0 radical (unpaired) electrons. The maximum absolute atomic E-state index is 10.3. The molecule has 72 valence electrons. The molecule has 0 saturated carbocycles. The summed E-state index contributed by atoms with van der Waals surface area (Å²) in [5.41, 5.74) is -0.0114. The minimum atomic E-state index is -0.495. The highest BCUT2D eigenvalue weighted by Crippen LogP contribution is 2.27. The number of nitro benzene ring substituents is 1. The summed E-state index contributed by atoms with van der Waals surface area (Å²) in [5.74, 6) is 5.24. The summed E-state index contributed by atoms with van der Waals surface area (Å²) < 4.78 is 0.458. The molecule has 0 aliphatic carbocycles. The zero-order chi connectivity index (χ0) is 9.14. The van der Waals surface area contributed by atoms with E-state index in [1.807, 2.05) is 0 Å². The largest absolute Gasteiger partial charge is 0.410 e.